The van der Waals surface area contributed by atoms with Crippen LogP contribution in [-0.2, 0) is 0 Å². The fourth-order valence-electron chi connectivity index (χ4n) is 1.95. The summed E-state index contributed by atoms with van der Waals surface area (Å²) in [5.41, 5.74) is 2.74. The Labute approximate surface area is 105 Å². The Morgan fingerprint density at radius 2 is 1.25 bits per heavy atom. The number of hydrogen-bond donors (Lipinski definition) is 0. The Morgan fingerprint density at radius 1 is 0.812 bits per heavy atom. The smallest absolute Gasteiger partial charge is 0.0424 e. The van der Waals surface area contributed by atoms with E-state index in [9.17, 15) is 0 Å². The first-order valence-corrected chi connectivity index (χ1v) is 6.61. The molecule has 0 aromatic heterocycles. The van der Waals surface area contributed by atoms with Gasteiger partial charge in [-0.25, -0.2) is 0 Å². The third-order valence-electron chi connectivity index (χ3n) is 3.24. The summed E-state index contributed by atoms with van der Waals surface area (Å²) in [6, 6.07) is 8.89. The van der Waals surface area contributed by atoms with E-state index in [-0.39, 0.29) is 5.38 Å². The fourth-order valence-corrected chi connectivity index (χ4v) is 2.09. The molecular formula is C15H23Cl. The van der Waals surface area contributed by atoms with Gasteiger partial charge < -0.3 is 0 Å². The van der Waals surface area contributed by atoms with Crippen molar-refractivity contribution in [1.82, 2.24) is 0 Å². The maximum absolute atomic E-state index is 6.40. The molecule has 0 saturated heterocycles. The van der Waals surface area contributed by atoms with Crippen molar-refractivity contribution >= 4 is 11.6 Å². The van der Waals surface area contributed by atoms with Crippen molar-refractivity contribution < 1.29 is 0 Å². The van der Waals surface area contributed by atoms with Crippen LogP contribution in [0.15, 0.2) is 24.3 Å². The van der Waals surface area contributed by atoms with Gasteiger partial charge in [0.25, 0.3) is 0 Å². The fraction of sp³-hybridized carbons (Fsp3) is 0.600. The molecule has 0 nitrogen and oxygen atoms in total. The predicted octanol–water partition coefficient (Wildman–Crippen LogP) is 5.18. The number of hydrogen-bond acceptors (Lipinski definition) is 0. The van der Waals surface area contributed by atoms with E-state index < -0.39 is 0 Å². The van der Waals surface area contributed by atoms with Crippen LogP contribution in [0.1, 0.15) is 57.6 Å². The van der Waals surface area contributed by atoms with Crippen LogP contribution >= 0.6 is 11.6 Å². The van der Waals surface area contributed by atoms with Gasteiger partial charge >= 0.3 is 0 Å². The third-order valence-corrected chi connectivity index (χ3v) is 4.13. The van der Waals surface area contributed by atoms with Crippen molar-refractivity contribution in [3.63, 3.8) is 0 Å². The molecule has 0 radical (unpaired) electrons. The Kier molecular flexibility index (Phi) is 4.86. The SMILES string of the molecule is CC(C)c1ccc(C(C)C(Cl)C(C)C)cc1. The molecule has 0 saturated carbocycles. The van der Waals surface area contributed by atoms with Gasteiger partial charge in [0, 0.05) is 5.38 Å². The van der Waals surface area contributed by atoms with E-state index in [2.05, 4.69) is 58.9 Å². The van der Waals surface area contributed by atoms with Gasteiger partial charge in [-0.1, -0.05) is 58.9 Å². The topological polar surface area (TPSA) is 0 Å². The molecule has 1 aromatic rings. The monoisotopic (exact) mass is 238 g/mol. The van der Waals surface area contributed by atoms with E-state index in [0.29, 0.717) is 17.8 Å². The molecule has 2 atom stereocenters. The van der Waals surface area contributed by atoms with Crippen LogP contribution < -0.4 is 0 Å². The van der Waals surface area contributed by atoms with Gasteiger partial charge in [0.1, 0.15) is 0 Å². The molecule has 0 amide bonds. The molecule has 0 heterocycles. The van der Waals surface area contributed by atoms with E-state index in [1.807, 2.05) is 0 Å². The molecule has 1 rings (SSSR count). The number of halogens is 1. The van der Waals surface area contributed by atoms with E-state index in [1.165, 1.54) is 11.1 Å². The number of benzene rings is 1. The summed E-state index contributed by atoms with van der Waals surface area (Å²) < 4.78 is 0. The number of alkyl halides is 1. The molecule has 2 unspecified atom stereocenters. The molecule has 0 aliphatic carbocycles. The lowest BCUT2D eigenvalue weighted by atomic mass is 9.90. The zero-order chi connectivity index (χ0) is 12.3. The molecular weight excluding hydrogens is 216 g/mol. The van der Waals surface area contributed by atoms with Gasteiger partial charge in [-0.2, -0.15) is 0 Å². The van der Waals surface area contributed by atoms with Crippen molar-refractivity contribution in [3.8, 4) is 0 Å². The highest BCUT2D eigenvalue weighted by molar-refractivity contribution is 6.21. The molecule has 0 N–H and O–H groups in total. The lowest BCUT2D eigenvalue weighted by Crippen LogP contribution is -2.16. The molecule has 0 aliphatic heterocycles. The van der Waals surface area contributed by atoms with Crippen LogP contribution in [0, 0.1) is 5.92 Å². The van der Waals surface area contributed by atoms with E-state index >= 15 is 0 Å². The molecule has 1 aromatic carbocycles. The first-order valence-electron chi connectivity index (χ1n) is 6.17. The lowest BCUT2D eigenvalue weighted by Gasteiger charge is -2.22. The Bertz CT molecular complexity index is 311. The summed E-state index contributed by atoms with van der Waals surface area (Å²) in [5, 5.41) is 0.213. The van der Waals surface area contributed by atoms with Crippen molar-refractivity contribution in [2.75, 3.05) is 0 Å². The lowest BCUT2D eigenvalue weighted by molar-refractivity contribution is 0.533. The van der Waals surface area contributed by atoms with Crippen molar-refractivity contribution in [1.29, 1.82) is 0 Å². The van der Waals surface area contributed by atoms with Gasteiger partial charge in [0.05, 0.1) is 0 Å². The summed E-state index contributed by atoms with van der Waals surface area (Å²) in [6.07, 6.45) is 0. The minimum absolute atomic E-state index is 0.213. The van der Waals surface area contributed by atoms with Gasteiger partial charge in [-0.3, -0.25) is 0 Å². The third kappa shape index (κ3) is 3.25. The molecule has 1 heteroatoms. The van der Waals surface area contributed by atoms with Gasteiger partial charge in [0.15, 0.2) is 0 Å². The largest absolute Gasteiger partial charge is 0.122 e. The minimum Gasteiger partial charge on any atom is -0.122 e. The Morgan fingerprint density at radius 3 is 1.62 bits per heavy atom. The second-order valence-corrected chi connectivity index (χ2v) is 5.80. The highest BCUT2D eigenvalue weighted by atomic mass is 35.5. The van der Waals surface area contributed by atoms with Crippen LogP contribution in [0.2, 0.25) is 0 Å². The van der Waals surface area contributed by atoms with Crippen LogP contribution in [0.3, 0.4) is 0 Å². The van der Waals surface area contributed by atoms with E-state index in [0.717, 1.165) is 0 Å². The average Bonchev–Trinajstić information content (AvgIpc) is 2.27. The summed E-state index contributed by atoms with van der Waals surface area (Å²) in [5.74, 6) is 1.53. The molecule has 0 fully saturated rings. The highest BCUT2D eigenvalue weighted by Crippen LogP contribution is 2.29. The van der Waals surface area contributed by atoms with Gasteiger partial charge in [-0.15, -0.1) is 11.6 Å². The Hall–Kier alpha value is -0.490. The van der Waals surface area contributed by atoms with Crippen LogP contribution in [0.25, 0.3) is 0 Å². The normalized spacial score (nSPS) is 15.5. The van der Waals surface area contributed by atoms with E-state index in [4.69, 9.17) is 11.6 Å². The summed E-state index contributed by atoms with van der Waals surface area (Å²) in [6.45, 7) is 11.0. The maximum atomic E-state index is 6.40. The zero-order valence-electron chi connectivity index (χ0n) is 11.0. The molecule has 0 aliphatic rings. The van der Waals surface area contributed by atoms with Crippen molar-refractivity contribution in [2.24, 2.45) is 5.92 Å². The average molecular weight is 239 g/mol. The summed E-state index contributed by atoms with van der Waals surface area (Å²) in [7, 11) is 0. The van der Waals surface area contributed by atoms with Crippen molar-refractivity contribution in [2.45, 2.75) is 51.8 Å². The predicted molar refractivity (Wildman–Crippen MR) is 73.4 cm³/mol. The van der Waals surface area contributed by atoms with Crippen LogP contribution in [-0.4, -0.2) is 5.38 Å². The highest BCUT2D eigenvalue weighted by Gasteiger charge is 2.19. The van der Waals surface area contributed by atoms with Gasteiger partial charge in [0.2, 0.25) is 0 Å². The molecule has 16 heavy (non-hydrogen) atoms. The molecule has 0 spiro atoms. The molecule has 0 bridgehead atoms. The zero-order valence-corrected chi connectivity index (χ0v) is 11.8. The molecule has 90 valence electrons. The van der Waals surface area contributed by atoms with Crippen LogP contribution in [0.4, 0.5) is 0 Å². The Balaban J connectivity index is 2.81. The second kappa shape index (κ2) is 5.72. The minimum atomic E-state index is 0.213. The quantitative estimate of drug-likeness (QED) is 0.635. The second-order valence-electron chi connectivity index (χ2n) is 5.30. The standard InChI is InChI=1S/C15H23Cl/c1-10(2)13-6-8-14(9-7-13)12(5)15(16)11(3)4/h6-12,15H,1-5H3. The van der Waals surface area contributed by atoms with Crippen LogP contribution in [0.5, 0.6) is 0 Å². The summed E-state index contributed by atoms with van der Waals surface area (Å²) >= 11 is 6.40. The van der Waals surface area contributed by atoms with Gasteiger partial charge in [-0.05, 0) is 28.9 Å². The van der Waals surface area contributed by atoms with Crippen molar-refractivity contribution in [3.05, 3.63) is 35.4 Å². The van der Waals surface area contributed by atoms with E-state index in [1.54, 1.807) is 0 Å². The summed E-state index contributed by atoms with van der Waals surface area (Å²) in [4.78, 5) is 0. The first kappa shape index (κ1) is 13.6. The first-order chi connectivity index (χ1) is 7.43. The maximum Gasteiger partial charge on any atom is 0.0424 e. The number of rotatable bonds is 4.